The van der Waals surface area contributed by atoms with E-state index in [-0.39, 0.29) is 17.8 Å². The number of amides is 4. The van der Waals surface area contributed by atoms with Crippen LogP contribution in [0.1, 0.15) is 74.3 Å². The Morgan fingerprint density at radius 2 is 2.00 bits per heavy atom. The zero-order valence-corrected chi connectivity index (χ0v) is 16.1. The molecule has 27 heavy (non-hydrogen) atoms. The minimum absolute atomic E-state index is 0.107. The number of urea groups is 1. The summed E-state index contributed by atoms with van der Waals surface area (Å²) in [5.41, 5.74) is 0.776. The molecule has 7 heteroatoms. The zero-order valence-electron chi connectivity index (χ0n) is 16.1. The Labute approximate surface area is 159 Å². The molecule has 146 valence electrons. The van der Waals surface area contributed by atoms with E-state index in [9.17, 15) is 14.4 Å². The van der Waals surface area contributed by atoms with Crippen molar-refractivity contribution in [3.8, 4) is 0 Å². The van der Waals surface area contributed by atoms with Crippen molar-refractivity contribution in [2.24, 2.45) is 0 Å². The second-order valence-electron chi connectivity index (χ2n) is 7.77. The molecule has 3 rings (SSSR count). The third-order valence-electron chi connectivity index (χ3n) is 5.48. The van der Waals surface area contributed by atoms with Crippen molar-refractivity contribution in [3.63, 3.8) is 0 Å². The third kappa shape index (κ3) is 4.12. The van der Waals surface area contributed by atoms with Crippen molar-refractivity contribution in [1.29, 1.82) is 0 Å². The molecular weight excluding hydrogens is 344 g/mol. The number of aromatic nitrogens is 1. The molecule has 1 aromatic heterocycles. The predicted octanol–water partition coefficient (Wildman–Crippen LogP) is 2.58. The number of carbonyl (C=O) groups is 3. The molecule has 4 amide bonds. The highest BCUT2D eigenvalue weighted by atomic mass is 16.2. The Morgan fingerprint density at radius 1 is 1.26 bits per heavy atom. The highest BCUT2D eigenvalue weighted by molar-refractivity contribution is 6.07. The highest BCUT2D eigenvalue weighted by Gasteiger charge is 2.50. The standard InChI is InChI=1S/C20H28N4O3/c1-14(2)15-7-8-16(22-13-15)17(25)21-11-6-12-24-18(26)20(23-19(24)27)9-4-3-5-10-20/h7-8,13-14H,3-6,9-12H2,1-2H3,(H,21,25)(H,23,27). The molecule has 0 bridgehead atoms. The van der Waals surface area contributed by atoms with Crippen LogP contribution in [0, 0.1) is 0 Å². The van der Waals surface area contributed by atoms with Gasteiger partial charge in [-0.3, -0.25) is 19.5 Å². The van der Waals surface area contributed by atoms with Gasteiger partial charge in [0.05, 0.1) is 0 Å². The predicted molar refractivity (Wildman–Crippen MR) is 101 cm³/mol. The maximum absolute atomic E-state index is 12.7. The lowest BCUT2D eigenvalue weighted by Gasteiger charge is -2.30. The minimum atomic E-state index is -0.680. The van der Waals surface area contributed by atoms with Crippen LogP contribution in [0.4, 0.5) is 4.79 Å². The highest BCUT2D eigenvalue weighted by Crippen LogP contribution is 2.33. The number of rotatable bonds is 6. The maximum Gasteiger partial charge on any atom is 0.325 e. The van der Waals surface area contributed by atoms with Gasteiger partial charge in [0.1, 0.15) is 11.2 Å². The van der Waals surface area contributed by atoms with E-state index in [1.165, 1.54) is 4.90 Å². The number of hydrogen-bond donors (Lipinski definition) is 2. The number of imide groups is 1. The molecule has 1 aromatic rings. The summed E-state index contributed by atoms with van der Waals surface area (Å²) in [6.07, 6.45) is 6.74. The Balaban J connectivity index is 1.46. The van der Waals surface area contributed by atoms with Crippen LogP contribution in [0.25, 0.3) is 0 Å². The van der Waals surface area contributed by atoms with Crippen LogP contribution in [0.15, 0.2) is 18.3 Å². The maximum atomic E-state index is 12.7. The Hall–Kier alpha value is -2.44. The van der Waals surface area contributed by atoms with E-state index in [0.29, 0.717) is 31.1 Å². The van der Waals surface area contributed by atoms with Gasteiger partial charge < -0.3 is 10.6 Å². The number of pyridine rings is 1. The molecule has 1 aliphatic carbocycles. The van der Waals surface area contributed by atoms with Gasteiger partial charge in [0, 0.05) is 19.3 Å². The minimum Gasteiger partial charge on any atom is -0.351 e. The zero-order chi connectivity index (χ0) is 19.4. The van der Waals surface area contributed by atoms with E-state index in [0.717, 1.165) is 37.7 Å². The van der Waals surface area contributed by atoms with E-state index in [2.05, 4.69) is 29.5 Å². The average molecular weight is 372 g/mol. The molecule has 1 saturated carbocycles. The second-order valence-corrected chi connectivity index (χ2v) is 7.77. The first-order valence-electron chi connectivity index (χ1n) is 9.81. The lowest BCUT2D eigenvalue weighted by Crippen LogP contribution is -2.48. The topological polar surface area (TPSA) is 91.4 Å². The molecule has 2 N–H and O–H groups in total. The monoisotopic (exact) mass is 372 g/mol. The molecule has 0 radical (unpaired) electrons. The fourth-order valence-corrected chi connectivity index (χ4v) is 3.78. The van der Waals surface area contributed by atoms with E-state index < -0.39 is 5.54 Å². The number of carbonyl (C=O) groups excluding carboxylic acids is 3. The molecule has 0 unspecified atom stereocenters. The largest absolute Gasteiger partial charge is 0.351 e. The third-order valence-corrected chi connectivity index (χ3v) is 5.48. The van der Waals surface area contributed by atoms with E-state index >= 15 is 0 Å². The van der Waals surface area contributed by atoms with E-state index in [1.807, 2.05) is 6.07 Å². The number of nitrogens with one attached hydrogen (secondary N) is 2. The van der Waals surface area contributed by atoms with Crippen molar-refractivity contribution >= 4 is 17.8 Å². The molecule has 1 saturated heterocycles. The summed E-state index contributed by atoms with van der Waals surface area (Å²) in [4.78, 5) is 42.5. The normalized spacial score (nSPS) is 18.9. The van der Waals surface area contributed by atoms with Crippen LogP contribution in [0.5, 0.6) is 0 Å². The molecule has 2 aliphatic rings. The first-order chi connectivity index (χ1) is 12.9. The van der Waals surface area contributed by atoms with Crippen molar-refractivity contribution in [1.82, 2.24) is 20.5 Å². The van der Waals surface area contributed by atoms with Crippen LogP contribution in [0.3, 0.4) is 0 Å². The Morgan fingerprint density at radius 3 is 2.63 bits per heavy atom. The van der Waals surface area contributed by atoms with Crippen LogP contribution >= 0.6 is 0 Å². The summed E-state index contributed by atoms with van der Waals surface area (Å²) in [6, 6.07) is 3.32. The SMILES string of the molecule is CC(C)c1ccc(C(=O)NCCCN2C(=O)NC3(CCCCC3)C2=O)nc1. The molecule has 0 atom stereocenters. The van der Waals surface area contributed by atoms with Gasteiger partial charge >= 0.3 is 6.03 Å². The van der Waals surface area contributed by atoms with Gasteiger partial charge in [0.25, 0.3) is 11.8 Å². The van der Waals surface area contributed by atoms with Crippen molar-refractivity contribution < 1.29 is 14.4 Å². The first-order valence-corrected chi connectivity index (χ1v) is 9.81. The number of hydrogen-bond acceptors (Lipinski definition) is 4. The molecule has 1 spiro atoms. The molecule has 2 heterocycles. The summed E-state index contributed by atoms with van der Waals surface area (Å²) in [6.45, 7) is 4.84. The van der Waals surface area contributed by atoms with Crippen LogP contribution in [-0.4, -0.2) is 46.4 Å². The summed E-state index contributed by atoms with van der Waals surface area (Å²) >= 11 is 0. The number of nitrogens with zero attached hydrogens (tertiary/aromatic N) is 2. The average Bonchev–Trinajstić information content (AvgIpc) is 2.89. The fraction of sp³-hybridized carbons (Fsp3) is 0.600. The van der Waals surface area contributed by atoms with E-state index in [4.69, 9.17) is 0 Å². The van der Waals surface area contributed by atoms with Gasteiger partial charge in [-0.05, 0) is 36.8 Å². The summed E-state index contributed by atoms with van der Waals surface area (Å²) < 4.78 is 0. The summed E-state index contributed by atoms with van der Waals surface area (Å²) in [5, 5.41) is 5.70. The first kappa shape index (κ1) is 19.3. The Bertz CT molecular complexity index is 708. The molecule has 7 nitrogen and oxygen atoms in total. The smallest absolute Gasteiger partial charge is 0.325 e. The second kappa shape index (κ2) is 8.06. The molecular formula is C20H28N4O3. The molecule has 1 aliphatic heterocycles. The fourth-order valence-electron chi connectivity index (χ4n) is 3.78. The van der Waals surface area contributed by atoms with Crippen LogP contribution < -0.4 is 10.6 Å². The van der Waals surface area contributed by atoms with Gasteiger partial charge in [-0.2, -0.15) is 0 Å². The van der Waals surface area contributed by atoms with Gasteiger partial charge in [0.15, 0.2) is 0 Å². The lowest BCUT2D eigenvalue weighted by molar-refractivity contribution is -0.132. The van der Waals surface area contributed by atoms with Gasteiger partial charge in [-0.15, -0.1) is 0 Å². The Kier molecular flexibility index (Phi) is 5.77. The quantitative estimate of drug-likeness (QED) is 0.593. The van der Waals surface area contributed by atoms with Gasteiger partial charge in [-0.25, -0.2) is 4.79 Å². The van der Waals surface area contributed by atoms with Crippen molar-refractivity contribution in [2.75, 3.05) is 13.1 Å². The van der Waals surface area contributed by atoms with Gasteiger partial charge in [-0.1, -0.05) is 39.2 Å². The molecule has 0 aromatic carbocycles. The molecule has 2 fully saturated rings. The van der Waals surface area contributed by atoms with Crippen molar-refractivity contribution in [3.05, 3.63) is 29.6 Å². The van der Waals surface area contributed by atoms with Crippen LogP contribution in [0.2, 0.25) is 0 Å². The lowest BCUT2D eigenvalue weighted by atomic mass is 9.82. The van der Waals surface area contributed by atoms with Crippen molar-refractivity contribution in [2.45, 2.75) is 63.8 Å². The van der Waals surface area contributed by atoms with E-state index in [1.54, 1.807) is 12.3 Å². The van der Waals surface area contributed by atoms with Crippen LogP contribution in [-0.2, 0) is 4.79 Å². The summed E-state index contributed by atoms with van der Waals surface area (Å²) in [5.74, 6) is 0.0157. The summed E-state index contributed by atoms with van der Waals surface area (Å²) in [7, 11) is 0. The van der Waals surface area contributed by atoms with Gasteiger partial charge in [0.2, 0.25) is 0 Å².